The van der Waals surface area contributed by atoms with Crippen molar-refractivity contribution in [2.75, 3.05) is 0 Å². The minimum atomic E-state index is -0.392. The Hall–Kier alpha value is -2.47. The number of carbonyl (C=O) groups is 1. The highest BCUT2D eigenvalue weighted by Crippen LogP contribution is 2.30. The van der Waals surface area contributed by atoms with Gasteiger partial charge in [0.1, 0.15) is 10.8 Å². The van der Waals surface area contributed by atoms with E-state index < -0.39 is 5.91 Å². The molecule has 124 valence electrons. The molecule has 0 saturated heterocycles. The Bertz CT molecular complexity index is 926. The number of rotatable bonds is 4. The number of amides is 1. The molecule has 0 aliphatic carbocycles. The van der Waals surface area contributed by atoms with E-state index in [1.165, 1.54) is 11.3 Å². The lowest BCUT2D eigenvalue weighted by molar-refractivity contribution is -0.117. The smallest absolute Gasteiger partial charge is 0.224 e. The first-order valence-corrected chi connectivity index (χ1v) is 8.43. The Morgan fingerprint density at radius 3 is 2.71 bits per heavy atom. The van der Waals surface area contributed by atoms with Crippen molar-refractivity contribution in [2.24, 2.45) is 5.73 Å². The molecule has 6 heteroatoms. The number of nitrogens with two attached hydrogens (primary N) is 1. The highest BCUT2D eigenvalue weighted by atomic mass is 32.1. The molecular weight excluding hydrogens is 325 g/mol. The third kappa shape index (κ3) is 2.97. The number of aromatic nitrogens is 2. The molecule has 0 aliphatic heterocycles. The van der Waals surface area contributed by atoms with E-state index in [1.807, 2.05) is 35.9 Å². The summed E-state index contributed by atoms with van der Waals surface area (Å²) in [6.45, 7) is 5.70. The minimum Gasteiger partial charge on any atom is -0.369 e. The van der Waals surface area contributed by atoms with E-state index in [1.54, 1.807) is 19.1 Å². The number of benzene rings is 1. The lowest BCUT2D eigenvalue weighted by Crippen LogP contribution is -2.13. The zero-order valence-corrected chi connectivity index (χ0v) is 14.6. The first kappa shape index (κ1) is 16.4. The van der Waals surface area contributed by atoms with Crippen molar-refractivity contribution in [2.45, 2.75) is 27.2 Å². The Labute approximate surface area is 143 Å². The van der Waals surface area contributed by atoms with E-state index in [0.29, 0.717) is 10.6 Å². The molecule has 3 rings (SSSR count). The van der Waals surface area contributed by atoms with E-state index in [4.69, 9.17) is 5.73 Å². The summed E-state index contributed by atoms with van der Waals surface area (Å²) in [6, 6.07) is 7.24. The van der Waals surface area contributed by atoms with Gasteiger partial charge < -0.3 is 10.3 Å². The Morgan fingerprint density at radius 1 is 1.29 bits per heavy atom. The Kier molecular flexibility index (Phi) is 4.24. The normalized spacial score (nSPS) is 11.0. The number of hydrogen-bond donors (Lipinski definition) is 1. The average molecular weight is 343 g/mol. The number of thiazole rings is 1. The van der Waals surface area contributed by atoms with Crippen LogP contribution in [0.5, 0.6) is 0 Å². The molecule has 0 radical (unpaired) electrons. The van der Waals surface area contributed by atoms with Gasteiger partial charge in [-0.2, -0.15) is 0 Å². The molecule has 0 saturated carbocycles. The second-order valence-corrected chi connectivity index (χ2v) is 6.77. The third-order valence-corrected chi connectivity index (χ3v) is 4.85. The van der Waals surface area contributed by atoms with Crippen molar-refractivity contribution >= 4 is 17.2 Å². The average Bonchev–Trinajstić information content (AvgIpc) is 3.06. The number of halogens is 1. The van der Waals surface area contributed by atoms with Crippen molar-refractivity contribution in [1.82, 2.24) is 9.55 Å². The quantitative estimate of drug-likeness (QED) is 0.785. The fraction of sp³-hybridized carbons (Fsp3) is 0.222. The first-order valence-electron chi connectivity index (χ1n) is 7.55. The van der Waals surface area contributed by atoms with Crippen LogP contribution in [0.2, 0.25) is 0 Å². The summed E-state index contributed by atoms with van der Waals surface area (Å²) >= 11 is 1.42. The van der Waals surface area contributed by atoms with Gasteiger partial charge in [0.2, 0.25) is 5.91 Å². The number of carbonyl (C=O) groups excluding carboxylic acids is 1. The lowest BCUT2D eigenvalue weighted by atomic mass is 10.2. The van der Waals surface area contributed by atoms with Gasteiger partial charge in [0.25, 0.3) is 0 Å². The van der Waals surface area contributed by atoms with Gasteiger partial charge in [-0.15, -0.1) is 11.3 Å². The molecule has 4 nitrogen and oxygen atoms in total. The molecule has 1 amide bonds. The molecule has 0 unspecified atom stereocenters. The Morgan fingerprint density at radius 2 is 2.04 bits per heavy atom. The van der Waals surface area contributed by atoms with Crippen LogP contribution >= 0.6 is 11.3 Å². The van der Waals surface area contributed by atoms with Crippen LogP contribution in [-0.4, -0.2) is 15.5 Å². The monoisotopic (exact) mass is 343 g/mol. The van der Waals surface area contributed by atoms with Gasteiger partial charge in [0.05, 0.1) is 12.1 Å². The summed E-state index contributed by atoms with van der Waals surface area (Å²) in [5.74, 6) is -0.615. The highest BCUT2D eigenvalue weighted by molar-refractivity contribution is 7.10. The van der Waals surface area contributed by atoms with Crippen molar-refractivity contribution in [3.8, 4) is 16.9 Å². The summed E-state index contributed by atoms with van der Waals surface area (Å²) in [4.78, 5) is 15.5. The van der Waals surface area contributed by atoms with Gasteiger partial charge in [0, 0.05) is 28.0 Å². The molecule has 2 heterocycles. The molecule has 0 aliphatic rings. The van der Waals surface area contributed by atoms with Gasteiger partial charge in [-0.25, -0.2) is 9.37 Å². The van der Waals surface area contributed by atoms with Crippen LogP contribution in [0.25, 0.3) is 16.9 Å². The lowest BCUT2D eigenvalue weighted by Gasteiger charge is -2.10. The summed E-state index contributed by atoms with van der Waals surface area (Å²) < 4.78 is 15.9. The van der Waals surface area contributed by atoms with Crippen molar-refractivity contribution in [1.29, 1.82) is 0 Å². The minimum absolute atomic E-state index is 0.145. The highest BCUT2D eigenvalue weighted by Gasteiger charge is 2.16. The van der Waals surface area contributed by atoms with Crippen LogP contribution in [0.4, 0.5) is 4.39 Å². The molecule has 0 atom stereocenters. The van der Waals surface area contributed by atoms with Gasteiger partial charge in [0.15, 0.2) is 0 Å². The zero-order chi connectivity index (χ0) is 17.4. The topological polar surface area (TPSA) is 60.9 Å². The number of aryl methyl sites for hydroxylation is 2. The third-order valence-electron chi connectivity index (χ3n) is 4.00. The predicted molar refractivity (Wildman–Crippen MR) is 93.9 cm³/mol. The molecule has 0 fully saturated rings. The van der Waals surface area contributed by atoms with E-state index in [0.717, 1.165) is 28.3 Å². The van der Waals surface area contributed by atoms with Crippen LogP contribution in [0, 0.1) is 26.6 Å². The fourth-order valence-electron chi connectivity index (χ4n) is 2.81. The first-order chi connectivity index (χ1) is 11.4. The second-order valence-electron chi connectivity index (χ2n) is 5.82. The van der Waals surface area contributed by atoms with Crippen LogP contribution in [-0.2, 0) is 11.2 Å². The molecule has 24 heavy (non-hydrogen) atoms. The number of primary amides is 1. The van der Waals surface area contributed by atoms with E-state index in [-0.39, 0.29) is 12.2 Å². The van der Waals surface area contributed by atoms with E-state index >= 15 is 0 Å². The second kappa shape index (κ2) is 6.20. The van der Waals surface area contributed by atoms with Crippen LogP contribution in [0.15, 0.2) is 29.6 Å². The van der Waals surface area contributed by atoms with Crippen molar-refractivity contribution in [3.63, 3.8) is 0 Å². The molecule has 2 aromatic heterocycles. The summed E-state index contributed by atoms with van der Waals surface area (Å²) in [5.41, 5.74) is 10.4. The maximum atomic E-state index is 13.9. The molecule has 0 bridgehead atoms. The molecule has 0 spiro atoms. The van der Waals surface area contributed by atoms with Gasteiger partial charge >= 0.3 is 0 Å². The number of nitrogens with zero attached hydrogens (tertiary/aromatic N) is 2. The van der Waals surface area contributed by atoms with Crippen LogP contribution in [0.3, 0.4) is 0 Å². The van der Waals surface area contributed by atoms with Crippen molar-refractivity contribution in [3.05, 3.63) is 57.4 Å². The summed E-state index contributed by atoms with van der Waals surface area (Å²) in [5, 5.41) is 2.61. The maximum Gasteiger partial charge on any atom is 0.224 e. The molecule has 3 aromatic rings. The fourth-order valence-corrected chi connectivity index (χ4v) is 3.61. The summed E-state index contributed by atoms with van der Waals surface area (Å²) in [6.07, 6.45) is 0.145. The Balaban J connectivity index is 2.04. The predicted octanol–water partition coefficient (Wildman–Crippen LogP) is 3.69. The largest absolute Gasteiger partial charge is 0.369 e. The molecule has 1 aromatic carbocycles. The van der Waals surface area contributed by atoms with E-state index in [2.05, 4.69) is 4.98 Å². The van der Waals surface area contributed by atoms with Gasteiger partial charge in [-0.05, 0) is 44.5 Å². The molecular formula is C18H18FN3OS. The maximum absolute atomic E-state index is 13.9. The van der Waals surface area contributed by atoms with Crippen LogP contribution in [0.1, 0.15) is 22.0 Å². The number of hydrogen-bond acceptors (Lipinski definition) is 3. The standard InChI is InChI=1S/C18H18FN3OS/c1-10-4-5-13(7-15(10)19)22-11(2)6-14(12(22)3)16-9-24-18(21-16)8-17(20)23/h4-7,9H,8H2,1-3H3,(H2,20,23). The zero-order valence-electron chi connectivity index (χ0n) is 13.8. The van der Waals surface area contributed by atoms with Crippen molar-refractivity contribution < 1.29 is 9.18 Å². The van der Waals surface area contributed by atoms with Gasteiger partial charge in [-0.1, -0.05) is 6.07 Å². The summed E-state index contributed by atoms with van der Waals surface area (Å²) in [7, 11) is 0. The molecule has 2 N–H and O–H groups in total. The van der Waals surface area contributed by atoms with Gasteiger partial charge in [-0.3, -0.25) is 4.79 Å². The van der Waals surface area contributed by atoms with E-state index in [9.17, 15) is 9.18 Å². The SMILES string of the molecule is Cc1ccc(-n2c(C)cc(-c3csc(CC(N)=O)n3)c2C)cc1F. The van der Waals surface area contributed by atoms with Crippen LogP contribution < -0.4 is 5.73 Å².